The minimum atomic E-state index is -5.31. The molecule has 0 aromatic heterocycles. The van der Waals surface area contributed by atoms with Gasteiger partial charge in [0.1, 0.15) is 5.17 Å². The number of aliphatic hydroxyl groups is 1. The monoisotopic (exact) mass is 410 g/mol. The summed E-state index contributed by atoms with van der Waals surface area (Å²) in [5.41, 5.74) is -4.48. The second-order valence-electron chi connectivity index (χ2n) is 5.38. The van der Waals surface area contributed by atoms with Crippen molar-refractivity contribution < 1.29 is 37.4 Å². The van der Waals surface area contributed by atoms with Gasteiger partial charge in [0.25, 0.3) is 5.60 Å². The molecule has 0 radical (unpaired) electrons. The van der Waals surface area contributed by atoms with Crippen molar-refractivity contribution in [3.05, 3.63) is 29.8 Å². The van der Waals surface area contributed by atoms with E-state index in [1.165, 1.54) is 7.05 Å². The normalized spacial score (nSPS) is 14.3. The Morgan fingerprint density at radius 1 is 1.26 bits per heavy atom. The van der Waals surface area contributed by atoms with Crippen LogP contribution in [0.1, 0.15) is 25.3 Å². The topological polar surface area (TPSA) is 88.4 Å². The van der Waals surface area contributed by atoms with Crippen molar-refractivity contribution in [3.8, 4) is 0 Å². The fraction of sp³-hybridized carbons (Fsp3) is 0.438. The van der Waals surface area contributed by atoms with Crippen LogP contribution in [0.5, 0.6) is 0 Å². The molecule has 150 valence electrons. The summed E-state index contributed by atoms with van der Waals surface area (Å²) in [5.74, 6) is -1.88. The van der Waals surface area contributed by atoms with Crippen LogP contribution >= 0.6 is 11.6 Å². The van der Waals surface area contributed by atoms with Gasteiger partial charge < -0.3 is 9.84 Å². The quantitative estimate of drug-likeness (QED) is 0.335. The first-order chi connectivity index (χ1) is 12.5. The molecule has 7 nitrogen and oxygen atoms in total. The molecule has 11 heteroatoms. The highest BCUT2D eigenvalue weighted by molar-refractivity contribution is 6.65. The fourth-order valence-corrected chi connectivity index (χ4v) is 2.20. The summed E-state index contributed by atoms with van der Waals surface area (Å²) in [6.45, 7) is 1.85. The summed E-state index contributed by atoms with van der Waals surface area (Å²) >= 11 is 5.71. The second-order valence-corrected chi connectivity index (χ2v) is 5.82. The van der Waals surface area contributed by atoms with Gasteiger partial charge in [-0.3, -0.25) is 9.74 Å². The number of amides is 1. The summed E-state index contributed by atoms with van der Waals surface area (Å²) in [4.78, 5) is 29.0. The highest BCUT2D eigenvalue weighted by Gasteiger charge is 2.62. The van der Waals surface area contributed by atoms with E-state index in [2.05, 4.69) is 14.7 Å². The van der Waals surface area contributed by atoms with Crippen molar-refractivity contribution in [1.29, 1.82) is 0 Å². The van der Waals surface area contributed by atoms with Gasteiger partial charge in [-0.25, -0.2) is 9.59 Å². The van der Waals surface area contributed by atoms with Crippen molar-refractivity contribution in [2.75, 3.05) is 19.1 Å². The lowest BCUT2D eigenvalue weighted by atomic mass is 9.93. The van der Waals surface area contributed by atoms with Gasteiger partial charge in [0.2, 0.25) is 0 Å². The van der Waals surface area contributed by atoms with E-state index in [-0.39, 0.29) is 10.9 Å². The molecule has 0 aliphatic heterocycles. The Labute approximate surface area is 158 Å². The molecule has 0 aliphatic rings. The van der Waals surface area contributed by atoms with Gasteiger partial charge in [-0.1, -0.05) is 35.8 Å². The number of hydrogen-bond donors (Lipinski definition) is 1. The number of methoxy groups -OCH3 is 1. The van der Waals surface area contributed by atoms with Crippen LogP contribution in [-0.2, 0) is 20.0 Å². The third kappa shape index (κ3) is 5.10. The number of nitrogens with zero attached hydrogens (tertiary/aromatic N) is 2. The third-order valence-electron chi connectivity index (χ3n) is 3.52. The second kappa shape index (κ2) is 9.05. The van der Waals surface area contributed by atoms with Crippen molar-refractivity contribution in [2.45, 2.75) is 31.5 Å². The zero-order chi connectivity index (χ0) is 20.8. The average Bonchev–Trinajstić information content (AvgIpc) is 2.63. The molecule has 0 heterocycles. The number of esters is 1. The van der Waals surface area contributed by atoms with Crippen LogP contribution in [0.25, 0.3) is 0 Å². The molecule has 1 rings (SSSR count). The zero-order valence-corrected chi connectivity index (χ0v) is 15.5. The predicted molar refractivity (Wildman–Crippen MR) is 91.5 cm³/mol. The molecule has 1 atom stereocenters. The molecule has 27 heavy (non-hydrogen) atoms. The molecule has 0 saturated heterocycles. The Balaban J connectivity index is 3.05. The largest absolute Gasteiger partial charge is 0.466 e. The van der Waals surface area contributed by atoms with Gasteiger partial charge in [0, 0.05) is 24.7 Å². The van der Waals surface area contributed by atoms with Gasteiger partial charge in [-0.05, 0) is 18.6 Å². The lowest BCUT2D eigenvalue weighted by Gasteiger charge is -2.28. The van der Waals surface area contributed by atoms with E-state index >= 15 is 0 Å². The molecule has 0 bridgehead atoms. The van der Waals surface area contributed by atoms with Crippen LogP contribution in [0.4, 0.5) is 23.7 Å². The van der Waals surface area contributed by atoms with Crippen LogP contribution in [-0.4, -0.2) is 42.7 Å². The SMILES string of the molecule is CCC/C(Cl)=N/OC(=O)N(C)c1ccc([C@](O)(C(=O)OC)C(F)(F)F)cc1. The van der Waals surface area contributed by atoms with Crippen LogP contribution < -0.4 is 4.90 Å². The highest BCUT2D eigenvalue weighted by atomic mass is 35.5. The van der Waals surface area contributed by atoms with Gasteiger partial charge in [0.15, 0.2) is 0 Å². The van der Waals surface area contributed by atoms with Crippen LogP contribution in [0, 0.1) is 0 Å². The van der Waals surface area contributed by atoms with Gasteiger partial charge in [-0.15, -0.1) is 0 Å². The highest BCUT2D eigenvalue weighted by Crippen LogP contribution is 2.40. The Bertz CT molecular complexity index is 709. The van der Waals surface area contributed by atoms with Crippen molar-refractivity contribution in [1.82, 2.24) is 0 Å². The van der Waals surface area contributed by atoms with E-state index in [0.717, 1.165) is 36.3 Å². The number of benzene rings is 1. The van der Waals surface area contributed by atoms with Gasteiger partial charge in [0.05, 0.1) is 7.11 Å². The fourth-order valence-electron chi connectivity index (χ4n) is 1.98. The Kier molecular flexibility index (Phi) is 7.61. The van der Waals surface area contributed by atoms with E-state index < -0.39 is 29.4 Å². The van der Waals surface area contributed by atoms with E-state index in [0.29, 0.717) is 12.8 Å². The first kappa shape index (κ1) is 22.7. The predicted octanol–water partition coefficient (Wildman–Crippen LogP) is 3.53. The molecule has 1 amide bonds. The van der Waals surface area contributed by atoms with Gasteiger partial charge >= 0.3 is 18.2 Å². The number of anilines is 1. The summed E-state index contributed by atoms with van der Waals surface area (Å²) in [6, 6.07) is 3.87. The molecular formula is C16H18ClF3N2O5. The van der Waals surface area contributed by atoms with Crippen LogP contribution in [0.2, 0.25) is 0 Å². The van der Waals surface area contributed by atoms with Crippen LogP contribution in [0.3, 0.4) is 0 Å². The first-order valence-corrected chi connectivity index (χ1v) is 8.01. The van der Waals surface area contributed by atoms with Gasteiger partial charge in [-0.2, -0.15) is 13.2 Å². The number of halogens is 4. The molecule has 0 unspecified atom stereocenters. The lowest BCUT2D eigenvalue weighted by Crippen LogP contribution is -2.49. The van der Waals surface area contributed by atoms with Crippen molar-refractivity contribution in [2.24, 2.45) is 5.16 Å². The molecule has 0 spiro atoms. The molecular weight excluding hydrogens is 393 g/mol. The minimum Gasteiger partial charge on any atom is -0.466 e. The standard InChI is InChI=1S/C16H18ClF3N2O5/c1-4-5-12(17)21-27-14(24)22(2)11-8-6-10(7-9-11)15(25,13(23)26-3)16(18,19)20/h6-9,25H,4-5H2,1-3H3/b21-12-/t15-/m0/s1. The third-order valence-corrected chi connectivity index (χ3v) is 3.77. The summed E-state index contributed by atoms with van der Waals surface area (Å²) in [7, 11) is 2.01. The maximum absolute atomic E-state index is 13.2. The summed E-state index contributed by atoms with van der Waals surface area (Å²) in [6.07, 6.45) is -5.14. The van der Waals surface area contributed by atoms with E-state index in [1.807, 2.05) is 6.92 Å². The van der Waals surface area contributed by atoms with Crippen molar-refractivity contribution in [3.63, 3.8) is 0 Å². The minimum absolute atomic E-state index is 0.0860. The number of carbonyl (C=O) groups excluding carboxylic acids is 2. The lowest BCUT2D eigenvalue weighted by molar-refractivity contribution is -0.266. The summed E-state index contributed by atoms with van der Waals surface area (Å²) in [5, 5.41) is 13.4. The maximum atomic E-state index is 13.2. The molecule has 1 N–H and O–H groups in total. The molecule has 0 fully saturated rings. The number of rotatable bonds is 6. The molecule has 0 aliphatic carbocycles. The van der Waals surface area contributed by atoms with E-state index in [1.54, 1.807) is 0 Å². The van der Waals surface area contributed by atoms with E-state index in [4.69, 9.17) is 11.6 Å². The molecule has 0 saturated carbocycles. The smallest absolute Gasteiger partial charge is 0.440 e. The number of carbonyl (C=O) groups is 2. The Morgan fingerprint density at radius 3 is 2.26 bits per heavy atom. The average molecular weight is 411 g/mol. The molecule has 1 aromatic carbocycles. The Hall–Kier alpha value is -2.33. The van der Waals surface area contributed by atoms with Crippen molar-refractivity contribution >= 4 is 34.5 Å². The number of oxime groups is 1. The number of ether oxygens (including phenoxy) is 1. The molecule has 1 aromatic rings. The maximum Gasteiger partial charge on any atom is 0.440 e. The first-order valence-electron chi connectivity index (χ1n) is 7.64. The zero-order valence-electron chi connectivity index (χ0n) is 14.7. The Morgan fingerprint density at radius 2 is 1.81 bits per heavy atom. The summed E-state index contributed by atoms with van der Waals surface area (Å²) < 4.78 is 43.6. The van der Waals surface area contributed by atoms with E-state index in [9.17, 15) is 27.9 Å². The van der Waals surface area contributed by atoms with Crippen LogP contribution in [0.15, 0.2) is 29.4 Å². The number of alkyl halides is 3. The number of hydrogen-bond acceptors (Lipinski definition) is 6.